The molecule has 0 radical (unpaired) electrons. The van der Waals surface area contributed by atoms with Crippen LogP contribution in [0.15, 0.2) is 18.2 Å². The number of alkyl halides is 1. The third-order valence-electron chi connectivity index (χ3n) is 3.06. The van der Waals surface area contributed by atoms with Crippen LogP contribution in [0.2, 0.25) is 5.02 Å². The molecule has 0 saturated carbocycles. The van der Waals surface area contributed by atoms with Crippen molar-refractivity contribution >= 4 is 23.5 Å². The summed E-state index contributed by atoms with van der Waals surface area (Å²) in [6.45, 7) is -0.521. The van der Waals surface area contributed by atoms with E-state index in [4.69, 9.17) is 16.7 Å². The van der Waals surface area contributed by atoms with Gasteiger partial charge in [0.25, 0.3) is 5.91 Å². The number of carboxylic acids is 1. The molecule has 1 amide bonds. The summed E-state index contributed by atoms with van der Waals surface area (Å²) in [6.07, 6.45) is -0.261. The van der Waals surface area contributed by atoms with E-state index >= 15 is 0 Å². The third-order valence-corrected chi connectivity index (χ3v) is 3.35. The molecule has 4 nitrogen and oxygen atoms in total. The molecule has 1 aromatic carbocycles. The summed E-state index contributed by atoms with van der Waals surface area (Å²) >= 11 is 5.56. The summed E-state index contributed by atoms with van der Waals surface area (Å²) in [5.74, 6) is -2.81. The standard InChI is InChI=1S/C12H10ClF2NO3/c13-8-5-7(1-2-9(8)14)10(17)16-4-3-12(15,6-16)11(18)19/h1-2,5H,3-4,6H2,(H,18,19). The van der Waals surface area contributed by atoms with E-state index in [0.717, 1.165) is 17.0 Å². The zero-order valence-corrected chi connectivity index (χ0v) is 10.5. The largest absolute Gasteiger partial charge is 0.479 e. The predicted molar refractivity (Wildman–Crippen MR) is 63.4 cm³/mol. The minimum Gasteiger partial charge on any atom is -0.479 e. The molecule has 7 heteroatoms. The van der Waals surface area contributed by atoms with E-state index in [-0.39, 0.29) is 23.6 Å². The molecule has 0 aromatic heterocycles. The molecule has 0 aliphatic carbocycles. The van der Waals surface area contributed by atoms with Gasteiger partial charge in [0.15, 0.2) is 0 Å². The van der Waals surface area contributed by atoms with Crippen molar-refractivity contribution in [3.63, 3.8) is 0 Å². The Morgan fingerprint density at radius 2 is 2.11 bits per heavy atom. The molecule has 1 N–H and O–H groups in total. The molecule has 0 bridgehead atoms. The fourth-order valence-corrected chi connectivity index (χ4v) is 2.11. The molecule has 1 saturated heterocycles. The molecule has 1 aromatic rings. The maximum Gasteiger partial charge on any atom is 0.343 e. The van der Waals surface area contributed by atoms with Gasteiger partial charge in [0.1, 0.15) is 5.82 Å². The molecule has 102 valence electrons. The van der Waals surface area contributed by atoms with E-state index in [1.165, 1.54) is 6.07 Å². The van der Waals surface area contributed by atoms with Crippen LogP contribution in [-0.2, 0) is 4.79 Å². The van der Waals surface area contributed by atoms with Crippen molar-refractivity contribution in [2.24, 2.45) is 0 Å². The van der Waals surface area contributed by atoms with Crippen molar-refractivity contribution in [2.75, 3.05) is 13.1 Å². The van der Waals surface area contributed by atoms with E-state index in [1.807, 2.05) is 0 Å². The third kappa shape index (κ3) is 2.53. The quantitative estimate of drug-likeness (QED) is 0.907. The Hall–Kier alpha value is -1.69. The molecule has 1 heterocycles. The van der Waals surface area contributed by atoms with Crippen LogP contribution in [0, 0.1) is 5.82 Å². The molecule has 0 spiro atoms. The Morgan fingerprint density at radius 1 is 1.42 bits per heavy atom. The minimum absolute atomic E-state index is 0.00334. The Balaban J connectivity index is 2.18. The van der Waals surface area contributed by atoms with Crippen molar-refractivity contribution < 1.29 is 23.5 Å². The number of hydrogen-bond donors (Lipinski definition) is 1. The van der Waals surface area contributed by atoms with Gasteiger partial charge in [0, 0.05) is 18.5 Å². The van der Waals surface area contributed by atoms with Crippen LogP contribution in [0.4, 0.5) is 8.78 Å². The number of likely N-dealkylation sites (tertiary alicyclic amines) is 1. The summed E-state index contributed by atoms with van der Waals surface area (Å²) < 4.78 is 26.8. The maximum atomic E-state index is 13.8. The van der Waals surface area contributed by atoms with Crippen molar-refractivity contribution in [3.8, 4) is 0 Å². The van der Waals surface area contributed by atoms with Gasteiger partial charge < -0.3 is 10.0 Å². The van der Waals surface area contributed by atoms with Crippen molar-refractivity contribution in [1.82, 2.24) is 4.90 Å². The highest BCUT2D eigenvalue weighted by Gasteiger charge is 2.46. The monoisotopic (exact) mass is 289 g/mol. The van der Waals surface area contributed by atoms with Crippen LogP contribution in [-0.4, -0.2) is 40.6 Å². The van der Waals surface area contributed by atoms with Gasteiger partial charge in [-0.05, 0) is 18.2 Å². The highest BCUT2D eigenvalue weighted by Crippen LogP contribution is 2.27. The van der Waals surface area contributed by atoms with Crippen LogP contribution in [0.1, 0.15) is 16.8 Å². The molecule has 1 aliphatic rings. The Bertz CT molecular complexity index is 552. The first-order valence-electron chi connectivity index (χ1n) is 5.50. The Kier molecular flexibility index (Phi) is 3.45. The number of carbonyl (C=O) groups is 2. The van der Waals surface area contributed by atoms with Crippen LogP contribution in [0.3, 0.4) is 0 Å². The first kappa shape index (κ1) is 13.7. The van der Waals surface area contributed by atoms with E-state index in [2.05, 4.69) is 0 Å². The number of rotatable bonds is 2. The van der Waals surface area contributed by atoms with Crippen LogP contribution >= 0.6 is 11.6 Å². The zero-order valence-electron chi connectivity index (χ0n) is 9.70. The predicted octanol–water partition coefficient (Wildman–Crippen LogP) is 2.12. The molecule has 1 unspecified atom stereocenters. The van der Waals surface area contributed by atoms with Gasteiger partial charge >= 0.3 is 5.97 Å². The lowest BCUT2D eigenvalue weighted by Gasteiger charge is -2.17. The second kappa shape index (κ2) is 4.77. The van der Waals surface area contributed by atoms with E-state index in [9.17, 15) is 18.4 Å². The fraction of sp³-hybridized carbons (Fsp3) is 0.333. The van der Waals surface area contributed by atoms with Gasteiger partial charge in [-0.15, -0.1) is 0 Å². The van der Waals surface area contributed by atoms with Crippen LogP contribution < -0.4 is 0 Å². The van der Waals surface area contributed by atoms with E-state index < -0.39 is 29.9 Å². The van der Waals surface area contributed by atoms with Gasteiger partial charge in [-0.2, -0.15) is 0 Å². The average Bonchev–Trinajstić information content (AvgIpc) is 2.76. The first-order valence-corrected chi connectivity index (χ1v) is 5.88. The molecule has 2 rings (SSSR count). The van der Waals surface area contributed by atoms with Gasteiger partial charge in [0.05, 0.1) is 11.6 Å². The van der Waals surface area contributed by atoms with E-state index in [1.54, 1.807) is 0 Å². The highest BCUT2D eigenvalue weighted by molar-refractivity contribution is 6.31. The molecule has 1 aliphatic heterocycles. The average molecular weight is 290 g/mol. The number of halogens is 3. The molecule has 19 heavy (non-hydrogen) atoms. The summed E-state index contributed by atoms with van der Waals surface area (Å²) in [4.78, 5) is 23.8. The second-order valence-electron chi connectivity index (χ2n) is 4.38. The smallest absolute Gasteiger partial charge is 0.343 e. The minimum atomic E-state index is -2.42. The van der Waals surface area contributed by atoms with Gasteiger partial charge in [0.2, 0.25) is 5.67 Å². The lowest BCUT2D eigenvalue weighted by atomic mass is 10.1. The lowest BCUT2D eigenvalue weighted by molar-refractivity contribution is -0.149. The maximum absolute atomic E-state index is 13.8. The molecule has 1 fully saturated rings. The van der Waals surface area contributed by atoms with Crippen molar-refractivity contribution in [3.05, 3.63) is 34.6 Å². The fourth-order valence-electron chi connectivity index (χ4n) is 1.93. The zero-order chi connectivity index (χ0) is 14.2. The Labute approximate surface area is 112 Å². The van der Waals surface area contributed by atoms with Gasteiger partial charge in [-0.3, -0.25) is 4.79 Å². The highest BCUT2D eigenvalue weighted by atomic mass is 35.5. The summed E-state index contributed by atoms with van der Waals surface area (Å²) in [5, 5.41) is 8.53. The van der Waals surface area contributed by atoms with Crippen molar-refractivity contribution in [1.29, 1.82) is 0 Å². The number of carbonyl (C=O) groups excluding carboxylic acids is 1. The van der Waals surface area contributed by atoms with Crippen molar-refractivity contribution in [2.45, 2.75) is 12.1 Å². The van der Waals surface area contributed by atoms with Crippen LogP contribution in [0.5, 0.6) is 0 Å². The second-order valence-corrected chi connectivity index (χ2v) is 4.78. The van der Waals surface area contributed by atoms with Gasteiger partial charge in [-0.1, -0.05) is 11.6 Å². The summed E-state index contributed by atoms with van der Waals surface area (Å²) in [6, 6.07) is 3.40. The normalized spacial score (nSPS) is 22.6. The molecule has 1 atom stereocenters. The topological polar surface area (TPSA) is 57.6 Å². The number of nitrogens with zero attached hydrogens (tertiary/aromatic N) is 1. The summed E-state index contributed by atoms with van der Waals surface area (Å²) in [7, 11) is 0. The number of amides is 1. The number of hydrogen-bond acceptors (Lipinski definition) is 2. The van der Waals surface area contributed by atoms with Crippen LogP contribution in [0.25, 0.3) is 0 Å². The lowest BCUT2D eigenvalue weighted by Crippen LogP contribution is -2.38. The number of aliphatic carboxylic acids is 1. The number of benzene rings is 1. The molecular formula is C12H10ClF2NO3. The first-order chi connectivity index (χ1) is 8.83. The summed E-state index contributed by atoms with van der Waals surface area (Å²) in [5.41, 5.74) is -2.32. The molecular weight excluding hydrogens is 280 g/mol. The van der Waals surface area contributed by atoms with E-state index in [0.29, 0.717) is 0 Å². The number of carboxylic acid groups (broad SMARTS) is 1. The Morgan fingerprint density at radius 3 is 2.63 bits per heavy atom. The SMILES string of the molecule is O=C(c1ccc(F)c(Cl)c1)N1CCC(F)(C(=O)O)C1. The van der Waals surface area contributed by atoms with Gasteiger partial charge in [-0.25, -0.2) is 13.6 Å².